The lowest BCUT2D eigenvalue weighted by molar-refractivity contribution is 0.102. The zero-order valence-electron chi connectivity index (χ0n) is 11.4. The SMILES string of the molecule is COc1ccc2[nH]c(C(=O)Nc3ccccc3O)cc2c1. The molecule has 3 aromatic rings. The van der Waals surface area contributed by atoms with Crippen molar-refractivity contribution in [2.24, 2.45) is 0 Å². The van der Waals surface area contributed by atoms with Crippen LogP contribution in [0.5, 0.6) is 11.5 Å². The number of hydrogen-bond acceptors (Lipinski definition) is 3. The monoisotopic (exact) mass is 282 g/mol. The maximum Gasteiger partial charge on any atom is 0.272 e. The van der Waals surface area contributed by atoms with Gasteiger partial charge in [0, 0.05) is 10.9 Å². The molecule has 3 N–H and O–H groups in total. The number of aromatic amines is 1. The Hall–Kier alpha value is -2.95. The maximum atomic E-state index is 12.2. The third kappa shape index (κ3) is 2.53. The van der Waals surface area contributed by atoms with Gasteiger partial charge in [-0.1, -0.05) is 12.1 Å². The van der Waals surface area contributed by atoms with E-state index in [4.69, 9.17) is 4.74 Å². The first kappa shape index (κ1) is 13.1. The van der Waals surface area contributed by atoms with E-state index in [2.05, 4.69) is 10.3 Å². The number of benzene rings is 2. The first-order valence-electron chi connectivity index (χ1n) is 6.43. The van der Waals surface area contributed by atoms with Gasteiger partial charge in [-0.2, -0.15) is 0 Å². The summed E-state index contributed by atoms with van der Waals surface area (Å²) in [6.07, 6.45) is 0. The number of anilines is 1. The number of phenols is 1. The zero-order chi connectivity index (χ0) is 14.8. The quantitative estimate of drug-likeness (QED) is 0.646. The topological polar surface area (TPSA) is 74.4 Å². The molecule has 0 aliphatic heterocycles. The van der Waals surface area contributed by atoms with Crippen LogP contribution in [0.15, 0.2) is 48.5 Å². The summed E-state index contributed by atoms with van der Waals surface area (Å²) in [5.74, 6) is 0.449. The molecule has 0 saturated heterocycles. The van der Waals surface area contributed by atoms with Crippen molar-refractivity contribution in [1.29, 1.82) is 0 Å². The van der Waals surface area contributed by atoms with Crippen molar-refractivity contribution in [3.05, 3.63) is 54.2 Å². The van der Waals surface area contributed by atoms with Gasteiger partial charge >= 0.3 is 0 Å². The lowest BCUT2D eigenvalue weighted by Crippen LogP contribution is -2.12. The van der Waals surface area contributed by atoms with Crippen LogP contribution < -0.4 is 10.1 Å². The molecule has 0 atom stereocenters. The van der Waals surface area contributed by atoms with Crippen LogP contribution in [0.2, 0.25) is 0 Å². The summed E-state index contributed by atoms with van der Waals surface area (Å²) in [5.41, 5.74) is 1.64. The lowest BCUT2D eigenvalue weighted by atomic mass is 10.2. The molecule has 2 aromatic carbocycles. The van der Waals surface area contributed by atoms with Gasteiger partial charge in [0.25, 0.3) is 5.91 Å². The summed E-state index contributed by atoms with van der Waals surface area (Å²) in [6, 6.07) is 13.9. The number of carbonyl (C=O) groups is 1. The number of methoxy groups -OCH3 is 1. The molecule has 106 valence electrons. The Morgan fingerprint density at radius 1 is 1.19 bits per heavy atom. The number of carbonyl (C=O) groups excluding carboxylic acids is 1. The Kier molecular flexibility index (Phi) is 3.23. The highest BCUT2D eigenvalue weighted by Crippen LogP contribution is 2.24. The number of para-hydroxylation sites is 2. The Balaban J connectivity index is 1.89. The molecule has 0 fully saturated rings. The third-order valence-electron chi connectivity index (χ3n) is 3.22. The Morgan fingerprint density at radius 3 is 2.76 bits per heavy atom. The molecule has 0 bridgehead atoms. The Bertz CT molecular complexity index is 808. The van der Waals surface area contributed by atoms with Crippen LogP contribution >= 0.6 is 0 Å². The van der Waals surface area contributed by atoms with Gasteiger partial charge in [-0.25, -0.2) is 0 Å². The number of phenolic OH excluding ortho intramolecular Hbond substituents is 1. The molecule has 1 heterocycles. The molecule has 3 rings (SSSR count). The minimum absolute atomic E-state index is 0.0311. The summed E-state index contributed by atoms with van der Waals surface area (Å²) in [7, 11) is 1.60. The second kappa shape index (κ2) is 5.20. The highest BCUT2D eigenvalue weighted by Gasteiger charge is 2.11. The van der Waals surface area contributed by atoms with E-state index in [1.165, 1.54) is 6.07 Å². The average molecular weight is 282 g/mol. The molecule has 0 aliphatic carbocycles. The van der Waals surface area contributed by atoms with Crippen molar-refractivity contribution in [2.45, 2.75) is 0 Å². The number of amides is 1. The third-order valence-corrected chi connectivity index (χ3v) is 3.22. The second-order valence-corrected chi connectivity index (χ2v) is 4.61. The molecular weight excluding hydrogens is 268 g/mol. The van der Waals surface area contributed by atoms with Crippen LogP contribution in [0.1, 0.15) is 10.5 Å². The van der Waals surface area contributed by atoms with Crippen LogP contribution in [0.4, 0.5) is 5.69 Å². The van der Waals surface area contributed by atoms with Gasteiger partial charge in [0.05, 0.1) is 12.8 Å². The summed E-state index contributed by atoms with van der Waals surface area (Å²) < 4.78 is 5.16. The van der Waals surface area contributed by atoms with E-state index in [0.717, 1.165) is 16.7 Å². The minimum atomic E-state index is -0.313. The maximum absolute atomic E-state index is 12.2. The van der Waals surface area contributed by atoms with Crippen LogP contribution in [0.25, 0.3) is 10.9 Å². The molecule has 5 nitrogen and oxygen atoms in total. The molecule has 0 unspecified atom stereocenters. The van der Waals surface area contributed by atoms with E-state index in [-0.39, 0.29) is 11.7 Å². The van der Waals surface area contributed by atoms with Gasteiger partial charge in [-0.3, -0.25) is 4.79 Å². The van der Waals surface area contributed by atoms with E-state index in [9.17, 15) is 9.90 Å². The van der Waals surface area contributed by atoms with E-state index in [0.29, 0.717) is 11.4 Å². The predicted octanol–water partition coefficient (Wildman–Crippen LogP) is 3.13. The zero-order valence-corrected chi connectivity index (χ0v) is 11.4. The fourth-order valence-corrected chi connectivity index (χ4v) is 2.13. The van der Waals surface area contributed by atoms with Gasteiger partial charge in [0.1, 0.15) is 17.2 Å². The number of hydrogen-bond donors (Lipinski definition) is 3. The summed E-state index contributed by atoms with van der Waals surface area (Å²) in [4.78, 5) is 15.2. The second-order valence-electron chi connectivity index (χ2n) is 4.61. The Morgan fingerprint density at radius 2 is 2.00 bits per heavy atom. The van der Waals surface area contributed by atoms with Crippen molar-refractivity contribution in [2.75, 3.05) is 12.4 Å². The van der Waals surface area contributed by atoms with E-state index >= 15 is 0 Å². The van der Waals surface area contributed by atoms with Crippen molar-refractivity contribution < 1.29 is 14.6 Å². The molecule has 0 saturated carbocycles. The number of aromatic nitrogens is 1. The number of rotatable bonds is 3. The largest absolute Gasteiger partial charge is 0.506 e. The van der Waals surface area contributed by atoms with Gasteiger partial charge in [0.15, 0.2) is 0 Å². The van der Waals surface area contributed by atoms with Crippen molar-refractivity contribution in [1.82, 2.24) is 4.98 Å². The first-order chi connectivity index (χ1) is 10.2. The predicted molar refractivity (Wildman–Crippen MR) is 80.9 cm³/mol. The number of aromatic hydroxyl groups is 1. The molecular formula is C16H14N2O3. The lowest BCUT2D eigenvalue weighted by Gasteiger charge is -2.05. The van der Waals surface area contributed by atoms with Crippen LogP contribution in [-0.2, 0) is 0 Å². The van der Waals surface area contributed by atoms with Crippen LogP contribution in [-0.4, -0.2) is 23.1 Å². The minimum Gasteiger partial charge on any atom is -0.506 e. The smallest absolute Gasteiger partial charge is 0.272 e. The normalized spacial score (nSPS) is 10.5. The van der Waals surface area contributed by atoms with Gasteiger partial charge in [-0.05, 0) is 36.4 Å². The van der Waals surface area contributed by atoms with Gasteiger partial charge in [0.2, 0.25) is 0 Å². The Labute approximate surface area is 121 Å². The number of fused-ring (bicyclic) bond motifs is 1. The average Bonchev–Trinajstić information content (AvgIpc) is 2.92. The van der Waals surface area contributed by atoms with Crippen LogP contribution in [0.3, 0.4) is 0 Å². The fourth-order valence-electron chi connectivity index (χ4n) is 2.13. The van der Waals surface area contributed by atoms with Gasteiger partial charge in [-0.15, -0.1) is 0 Å². The first-order valence-corrected chi connectivity index (χ1v) is 6.43. The molecule has 1 aromatic heterocycles. The number of nitrogens with one attached hydrogen (secondary N) is 2. The molecule has 0 radical (unpaired) electrons. The van der Waals surface area contributed by atoms with Crippen molar-refractivity contribution in [3.8, 4) is 11.5 Å². The van der Waals surface area contributed by atoms with Crippen LogP contribution in [0, 0.1) is 0 Å². The molecule has 1 amide bonds. The standard InChI is InChI=1S/C16H14N2O3/c1-21-11-6-7-12-10(8-11)9-14(17-12)16(20)18-13-4-2-3-5-15(13)19/h2-9,17,19H,1H3,(H,18,20). The highest BCUT2D eigenvalue weighted by molar-refractivity contribution is 6.06. The molecule has 21 heavy (non-hydrogen) atoms. The summed E-state index contributed by atoms with van der Waals surface area (Å²) in [6.45, 7) is 0. The van der Waals surface area contributed by atoms with E-state index < -0.39 is 0 Å². The number of ether oxygens (including phenoxy) is 1. The van der Waals surface area contributed by atoms with E-state index in [1.807, 2.05) is 18.2 Å². The van der Waals surface area contributed by atoms with E-state index in [1.54, 1.807) is 31.4 Å². The van der Waals surface area contributed by atoms with Gasteiger partial charge < -0.3 is 20.1 Å². The summed E-state index contributed by atoms with van der Waals surface area (Å²) in [5, 5.41) is 13.2. The number of H-pyrrole nitrogens is 1. The fraction of sp³-hybridized carbons (Fsp3) is 0.0625. The molecule has 0 spiro atoms. The molecule has 5 heteroatoms. The molecule has 0 aliphatic rings. The van der Waals surface area contributed by atoms with Crippen molar-refractivity contribution >= 4 is 22.5 Å². The van der Waals surface area contributed by atoms with Crippen molar-refractivity contribution in [3.63, 3.8) is 0 Å². The highest BCUT2D eigenvalue weighted by atomic mass is 16.5. The summed E-state index contributed by atoms with van der Waals surface area (Å²) >= 11 is 0.